The van der Waals surface area contributed by atoms with Gasteiger partial charge >= 0.3 is 5.97 Å². The van der Waals surface area contributed by atoms with Gasteiger partial charge in [-0.25, -0.2) is 4.79 Å². The summed E-state index contributed by atoms with van der Waals surface area (Å²) >= 11 is 3.35. The summed E-state index contributed by atoms with van der Waals surface area (Å²) in [5, 5.41) is 10.8. The highest BCUT2D eigenvalue weighted by atomic mass is 79.9. The number of esters is 1. The maximum atomic E-state index is 13.9. The number of phenols is 1. The monoisotopic (exact) mass is 577 g/mol. The van der Waals surface area contributed by atoms with E-state index >= 15 is 0 Å². The molecule has 5 rings (SSSR count). The molecule has 0 spiro atoms. The van der Waals surface area contributed by atoms with E-state index in [0.717, 1.165) is 11.1 Å². The molecule has 0 bridgehead atoms. The normalized spacial score (nSPS) is 14.6. The number of amides is 1. The van der Waals surface area contributed by atoms with Crippen LogP contribution in [0.4, 0.5) is 5.69 Å². The lowest BCUT2D eigenvalue weighted by atomic mass is 9.96. The van der Waals surface area contributed by atoms with E-state index in [1.807, 2.05) is 13.8 Å². The fourth-order valence-corrected chi connectivity index (χ4v) is 5.15. The highest BCUT2D eigenvalue weighted by Crippen LogP contribution is 2.45. The highest BCUT2D eigenvalue weighted by molar-refractivity contribution is 9.10. The molecule has 2 heterocycles. The van der Waals surface area contributed by atoms with Crippen LogP contribution in [0.25, 0.3) is 11.0 Å². The molecule has 0 saturated heterocycles. The van der Waals surface area contributed by atoms with E-state index in [0.29, 0.717) is 32.3 Å². The SMILES string of the molecule is CCOC(=O)c1ccc(N2C(=O)c3oc4cc(C)c(C)cc4c(=O)c3C2c2cc(Br)c(O)c(OC)c2)cc1. The Labute approximate surface area is 226 Å². The molecule has 8 nitrogen and oxygen atoms in total. The summed E-state index contributed by atoms with van der Waals surface area (Å²) in [5.74, 6) is -0.984. The Morgan fingerprint density at radius 3 is 2.42 bits per heavy atom. The third kappa shape index (κ3) is 4.03. The number of hydrogen-bond donors (Lipinski definition) is 1. The largest absolute Gasteiger partial charge is 0.503 e. The van der Waals surface area contributed by atoms with Crippen molar-refractivity contribution in [2.75, 3.05) is 18.6 Å². The van der Waals surface area contributed by atoms with Gasteiger partial charge in [0.2, 0.25) is 5.76 Å². The lowest BCUT2D eigenvalue weighted by Gasteiger charge is -2.26. The number of rotatable bonds is 5. The lowest BCUT2D eigenvalue weighted by molar-refractivity contribution is 0.0526. The number of carbonyl (C=O) groups excluding carboxylic acids is 2. The molecule has 194 valence electrons. The van der Waals surface area contributed by atoms with Crippen molar-refractivity contribution in [3.8, 4) is 11.5 Å². The summed E-state index contributed by atoms with van der Waals surface area (Å²) in [6.07, 6.45) is 0. The van der Waals surface area contributed by atoms with Crippen LogP contribution in [0.15, 0.2) is 62.2 Å². The number of hydrogen-bond acceptors (Lipinski definition) is 7. The summed E-state index contributed by atoms with van der Waals surface area (Å²) < 4.78 is 16.8. The van der Waals surface area contributed by atoms with Crippen molar-refractivity contribution < 1.29 is 28.6 Å². The van der Waals surface area contributed by atoms with E-state index in [9.17, 15) is 19.5 Å². The quantitative estimate of drug-likeness (QED) is 0.298. The highest BCUT2D eigenvalue weighted by Gasteiger charge is 2.44. The number of methoxy groups -OCH3 is 1. The number of fused-ring (bicyclic) bond motifs is 2. The topological polar surface area (TPSA) is 106 Å². The summed E-state index contributed by atoms with van der Waals surface area (Å²) in [4.78, 5) is 41.4. The van der Waals surface area contributed by atoms with Crippen molar-refractivity contribution in [2.24, 2.45) is 0 Å². The first-order valence-corrected chi connectivity index (χ1v) is 12.7. The van der Waals surface area contributed by atoms with Gasteiger partial charge in [-0.3, -0.25) is 14.5 Å². The zero-order valence-electron chi connectivity index (χ0n) is 21.1. The van der Waals surface area contributed by atoms with Crippen LogP contribution in [0.2, 0.25) is 0 Å². The first-order chi connectivity index (χ1) is 18.2. The van der Waals surface area contributed by atoms with Gasteiger partial charge in [0.05, 0.1) is 40.7 Å². The van der Waals surface area contributed by atoms with Crippen molar-refractivity contribution in [3.63, 3.8) is 0 Å². The molecule has 1 N–H and O–H groups in total. The maximum absolute atomic E-state index is 13.9. The van der Waals surface area contributed by atoms with Gasteiger partial charge in [0.25, 0.3) is 5.91 Å². The molecule has 1 aliphatic rings. The number of benzene rings is 3. The fourth-order valence-electron chi connectivity index (χ4n) is 4.69. The molecule has 1 atom stereocenters. The molecule has 38 heavy (non-hydrogen) atoms. The number of nitrogens with zero attached hydrogens (tertiary/aromatic N) is 1. The fraction of sp³-hybridized carbons (Fsp3) is 0.207. The van der Waals surface area contributed by atoms with Gasteiger partial charge in [0.15, 0.2) is 16.9 Å². The van der Waals surface area contributed by atoms with Gasteiger partial charge in [0, 0.05) is 5.69 Å². The van der Waals surface area contributed by atoms with Crippen molar-refractivity contribution in [1.82, 2.24) is 0 Å². The molecular weight excluding hydrogens is 554 g/mol. The summed E-state index contributed by atoms with van der Waals surface area (Å²) in [6, 6.07) is 12.2. The Balaban J connectivity index is 1.76. The maximum Gasteiger partial charge on any atom is 0.338 e. The molecule has 0 saturated carbocycles. The Hall–Kier alpha value is -4.11. The summed E-state index contributed by atoms with van der Waals surface area (Å²) in [5.41, 5.74) is 3.33. The third-order valence-corrected chi connectivity index (χ3v) is 7.33. The molecule has 0 aliphatic carbocycles. The van der Waals surface area contributed by atoms with Crippen molar-refractivity contribution >= 4 is 44.5 Å². The summed E-state index contributed by atoms with van der Waals surface area (Å²) in [7, 11) is 1.41. The van der Waals surface area contributed by atoms with Crippen LogP contribution in [0.3, 0.4) is 0 Å². The number of aryl methyl sites for hydroxylation is 2. The van der Waals surface area contributed by atoms with E-state index in [1.54, 1.807) is 55.5 Å². The van der Waals surface area contributed by atoms with Gasteiger partial charge in [-0.1, -0.05) is 0 Å². The molecule has 0 radical (unpaired) electrons. The zero-order valence-corrected chi connectivity index (χ0v) is 22.7. The number of anilines is 1. The Kier molecular flexibility index (Phi) is 6.48. The second-order valence-corrected chi connectivity index (χ2v) is 9.86. The number of aromatic hydroxyl groups is 1. The van der Waals surface area contributed by atoms with Gasteiger partial charge < -0.3 is 19.0 Å². The number of halogens is 1. The van der Waals surface area contributed by atoms with E-state index in [2.05, 4.69) is 15.9 Å². The average molecular weight is 578 g/mol. The van der Waals surface area contributed by atoms with Crippen LogP contribution in [0.5, 0.6) is 11.5 Å². The number of ether oxygens (including phenoxy) is 2. The van der Waals surface area contributed by atoms with Crippen LogP contribution in [-0.2, 0) is 4.74 Å². The Morgan fingerprint density at radius 2 is 1.76 bits per heavy atom. The standard InChI is InChI=1S/C29H24BrNO7/c1-5-37-29(35)16-6-8-18(9-7-16)31-24(17-12-20(30)26(33)22(13-17)36-4)23-25(32)19-10-14(2)15(3)11-21(19)38-27(23)28(31)34/h6-13,24,33H,5H2,1-4H3. The smallest absolute Gasteiger partial charge is 0.338 e. The predicted octanol–water partition coefficient (Wildman–Crippen LogP) is 5.81. The minimum atomic E-state index is -0.890. The minimum Gasteiger partial charge on any atom is -0.503 e. The van der Waals surface area contributed by atoms with Crippen LogP contribution >= 0.6 is 15.9 Å². The first kappa shape index (κ1) is 25.5. The van der Waals surface area contributed by atoms with E-state index in [4.69, 9.17) is 13.9 Å². The Bertz CT molecular complexity index is 1670. The number of carbonyl (C=O) groups is 2. The third-order valence-electron chi connectivity index (χ3n) is 6.73. The molecule has 4 aromatic rings. The van der Waals surface area contributed by atoms with Crippen LogP contribution in [0.1, 0.15) is 56.1 Å². The molecular formula is C29H24BrNO7. The Morgan fingerprint density at radius 1 is 1.08 bits per heavy atom. The van der Waals surface area contributed by atoms with E-state index < -0.39 is 17.9 Å². The number of phenolic OH excluding ortho intramolecular Hbond substituents is 1. The van der Waals surface area contributed by atoms with Crippen molar-refractivity contribution in [3.05, 3.63) is 96.8 Å². The predicted molar refractivity (Wildman–Crippen MR) is 145 cm³/mol. The molecule has 1 unspecified atom stereocenters. The van der Waals surface area contributed by atoms with Gasteiger partial charge in [-0.15, -0.1) is 0 Å². The molecule has 0 fully saturated rings. The van der Waals surface area contributed by atoms with Crippen molar-refractivity contribution in [1.29, 1.82) is 0 Å². The first-order valence-electron chi connectivity index (χ1n) is 11.9. The van der Waals surface area contributed by atoms with Crippen LogP contribution in [-0.4, -0.2) is 30.7 Å². The van der Waals surface area contributed by atoms with Gasteiger partial charge in [-0.2, -0.15) is 0 Å². The van der Waals surface area contributed by atoms with Crippen LogP contribution in [0, 0.1) is 13.8 Å². The van der Waals surface area contributed by atoms with Gasteiger partial charge in [0.1, 0.15) is 5.58 Å². The van der Waals surface area contributed by atoms with Crippen molar-refractivity contribution in [2.45, 2.75) is 26.8 Å². The minimum absolute atomic E-state index is 0.0617. The van der Waals surface area contributed by atoms with E-state index in [-0.39, 0.29) is 34.9 Å². The van der Waals surface area contributed by atoms with E-state index in [1.165, 1.54) is 12.0 Å². The summed E-state index contributed by atoms with van der Waals surface area (Å²) in [6.45, 7) is 5.77. The molecule has 9 heteroatoms. The second kappa shape index (κ2) is 9.64. The second-order valence-electron chi connectivity index (χ2n) is 9.01. The average Bonchev–Trinajstić information content (AvgIpc) is 3.19. The molecule has 1 amide bonds. The molecule has 1 aromatic heterocycles. The molecule has 1 aliphatic heterocycles. The molecule has 3 aromatic carbocycles. The zero-order chi connectivity index (χ0) is 27.3. The van der Waals surface area contributed by atoms with Crippen LogP contribution < -0.4 is 15.1 Å². The van der Waals surface area contributed by atoms with Gasteiger partial charge in [-0.05, 0) is 102 Å². The lowest BCUT2D eigenvalue weighted by Crippen LogP contribution is -2.29.